The van der Waals surface area contributed by atoms with Gasteiger partial charge in [-0.15, -0.1) is 0 Å². The number of hydrogen-bond acceptors (Lipinski definition) is 5. The van der Waals surface area contributed by atoms with Crippen LogP contribution in [0, 0.1) is 0 Å². The summed E-state index contributed by atoms with van der Waals surface area (Å²) in [6, 6.07) is 0. The number of unbranched alkanes of at least 4 members (excludes halogenated alkanes) is 12. The van der Waals surface area contributed by atoms with Crippen LogP contribution < -0.4 is 24.8 Å². The van der Waals surface area contributed by atoms with Crippen LogP contribution in [0.2, 0.25) is 0 Å². The van der Waals surface area contributed by atoms with Crippen LogP contribution in [-0.4, -0.2) is 99.7 Å². The van der Waals surface area contributed by atoms with Crippen molar-refractivity contribution in [2.45, 2.75) is 123 Å². The summed E-state index contributed by atoms with van der Waals surface area (Å²) in [6.07, 6.45) is 17.2. The van der Waals surface area contributed by atoms with Crippen molar-refractivity contribution < 1.29 is 57.9 Å². The van der Waals surface area contributed by atoms with Crippen molar-refractivity contribution in [2.24, 2.45) is 0 Å². The molecule has 0 fully saturated rings. The van der Waals surface area contributed by atoms with Crippen LogP contribution in [0.1, 0.15) is 117 Å². The highest BCUT2D eigenvalue weighted by atomic mass is 35.5. The molecule has 0 aliphatic carbocycles. The van der Waals surface area contributed by atoms with Gasteiger partial charge in [-0.3, -0.25) is 9.59 Å². The molecule has 242 valence electrons. The Morgan fingerprint density at radius 3 is 1.20 bits per heavy atom. The number of ether oxygens (including phenoxy) is 2. The molecule has 0 heterocycles. The van der Waals surface area contributed by atoms with E-state index in [0.717, 1.165) is 25.7 Å². The summed E-state index contributed by atoms with van der Waals surface area (Å²) in [7, 11) is 8.21. The van der Waals surface area contributed by atoms with Gasteiger partial charge >= 0.3 is 11.9 Å². The number of halogens is 2. The lowest BCUT2D eigenvalue weighted by atomic mass is 10.1. The van der Waals surface area contributed by atoms with E-state index in [9.17, 15) is 14.7 Å². The zero-order valence-electron chi connectivity index (χ0n) is 26.9. The summed E-state index contributed by atoms with van der Waals surface area (Å²) in [5.74, 6) is -0.228. The highest BCUT2D eigenvalue weighted by Crippen LogP contribution is 2.11. The van der Waals surface area contributed by atoms with Crippen LogP contribution >= 0.6 is 0 Å². The molecule has 0 aromatic rings. The molecule has 0 aromatic heterocycles. The van der Waals surface area contributed by atoms with Crippen molar-refractivity contribution in [1.82, 2.24) is 0 Å². The van der Waals surface area contributed by atoms with Crippen LogP contribution in [0.25, 0.3) is 0 Å². The Kier molecular flexibility index (Phi) is 29.9. The lowest BCUT2D eigenvalue weighted by molar-refractivity contribution is -0.914. The Hall–Kier alpha value is -0.600. The van der Waals surface area contributed by atoms with Gasteiger partial charge in [0.2, 0.25) is 0 Å². The first-order valence-corrected chi connectivity index (χ1v) is 15.6. The molecule has 0 bridgehead atoms. The van der Waals surface area contributed by atoms with Crippen molar-refractivity contribution in [3.8, 4) is 0 Å². The molecule has 0 aromatic carbocycles. The SMILES string of the molecule is CCCCCCCCCCCC(=O)OCC[N+](C)(C)CC(O)C[N+](C)(C)CCOC(=O)CCCCCCC.[Cl-].[Cl-]. The van der Waals surface area contributed by atoms with Gasteiger partial charge in [0, 0.05) is 12.8 Å². The van der Waals surface area contributed by atoms with Gasteiger partial charge in [-0.05, 0) is 12.8 Å². The van der Waals surface area contributed by atoms with Gasteiger partial charge in [0.1, 0.15) is 39.4 Å². The normalized spacial score (nSPS) is 12.3. The Bertz CT molecular complexity index is 606. The van der Waals surface area contributed by atoms with E-state index in [1.165, 1.54) is 64.2 Å². The summed E-state index contributed by atoms with van der Waals surface area (Å²) in [4.78, 5) is 24.0. The molecule has 7 nitrogen and oxygen atoms in total. The topological polar surface area (TPSA) is 72.8 Å². The van der Waals surface area contributed by atoms with Crippen molar-refractivity contribution in [3.63, 3.8) is 0 Å². The first-order chi connectivity index (χ1) is 18.0. The average Bonchev–Trinajstić information content (AvgIpc) is 2.81. The first kappa shape index (κ1) is 43.8. The third-order valence-corrected chi connectivity index (χ3v) is 7.30. The van der Waals surface area contributed by atoms with Crippen molar-refractivity contribution in [2.75, 3.05) is 67.6 Å². The van der Waals surface area contributed by atoms with Gasteiger partial charge in [0.05, 0.1) is 28.2 Å². The fourth-order valence-electron chi connectivity index (χ4n) is 4.79. The molecular weight excluding hydrogens is 551 g/mol. The number of rotatable bonds is 26. The summed E-state index contributed by atoms with van der Waals surface area (Å²) in [5.41, 5.74) is 0. The molecule has 1 atom stereocenters. The number of carbonyl (C=O) groups excluding carboxylic acids is 2. The Morgan fingerprint density at radius 2 is 0.875 bits per heavy atom. The van der Waals surface area contributed by atoms with E-state index in [1.54, 1.807) is 0 Å². The van der Waals surface area contributed by atoms with E-state index in [0.29, 0.717) is 61.2 Å². The number of quaternary nitrogens is 2. The predicted octanol–water partition coefficient (Wildman–Crippen LogP) is -0.124. The molecule has 0 saturated heterocycles. The maximum atomic E-state index is 12.1. The van der Waals surface area contributed by atoms with Gasteiger partial charge in [0.25, 0.3) is 0 Å². The van der Waals surface area contributed by atoms with E-state index >= 15 is 0 Å². The minimum Gasteiger partial charge on any atom is -1.00 e. The third-order valence-electron chi connectivity index (χ3n) is 7.30. The Labute approximate surface area is 259 Å². The molecule has 0 radical (unpaired) electrons. The van der Waals surface area contributed by atoms with Crippen LogP contribution in [0.4, 0.5) is 0 Å². The number of aliphatic hydroxyl groups excluding tert-OH is 1. The van der Waals surface area contributed by atoms with E-state index in [1.807, 2.05) is 0 Å². The van der Waals surface area contributed by atoms with Crippen LogP contribution in [0.5, 0.6) is 0 Å². The lowest BCUT2D eigenvalue weighted by Crippen LogP contribution is -3.00. The lowest BCUT2D eigenvalue weighted by Gasteiger charge is -2.35. The predicted molar refractivity (Wildman–Crippen MR) is 157 cm³/mol. The van der Waals surface area contributed by atoms with Crippen molar-refractivity contribution in [1.29, 1.82) is 0 Å². The molecule has 0 spiro atoms. The standard InChI is InChI=1S/C31H64N2O5.2ClH/c1-7-9-11-13-14-15-16-18-20-22-31(36)38-26-24-33(5,6)28-29(34)27-32(3,4)23-25-37-30(35)21-19-17-12-10-8-2;;/h29,34H,7-28H2,1-6H3;2*1H/q+2;;/p-2. The smallest absolute Gasteiger partial charge is 0.305 e. The molecule has 0 aliphatic heterocycles. The zero-order valence-corrected chi connectivity index (χ0v) is 28.4. The van der Waals surface area contributed by atoms with E-state index in [-0.39, 0.29) is 36.8 Å². The fraction of sp³-hybridized carbons (Fsp3) is 0.935. The average molecular weight is 616 g/mol. The van der Waals surface area contributed by atoms with Crippen LogP contribution in [0.15, 0.2) is 0 Å². The monoisotopic (exact) mass is 614 g/mol. The number of nitrogens with zero attached hydrogens (tertiary/aromatic N) is 2. The Morgan fingerprint density at radius 1 is 0.575 bits per heavy atom. The van der Waals surface area contributed by atoms with E-state index in [2.05, 4.69) is 42.0 Å². The second kappa shape index (κ2) is 27.2. The number of carbonyl (C=O) groups is 2. The highest BCUT2D eigenvalue weighted by Gasteiger charge is 2.27. The number of hydrogen-bond donors (Lipinski definition) is 1. The van der Waals surface area contributed by atoms with Gasteiger partial charge < -0.3 is 48.4 Å². The second-order valence-electron chi connectivity index (χ2n) is 12.5. The summed E-state index contributed by atoms with van der Waals surface area (Å²) in [6.45, 7) is 7.67. The van der Waals surface area contributed by atoms with Gasteiger partial charge in [-0.25, -0.2) is 0 Å². The van der Waals surface area contributed by atoms with Crippen LogP contribution in [-0.2, 0) is 19.1 Å². The molecular formula is C31H64Cl2N2O5. The first-order valence-electron chi connectivity index (χ1n) is 15.6. The number of aliphatic hydroxyl groups is 1. The van der Waals surface area contributed by atoms with Gasteiger partial charge in [-0.1, -0.05) is 90.9 Å². The molecule has 1 unspecified atom stereocenters. The quantitative estimate of drug-likeness (QED) is 0.0835. The molecule has 0 rings (SSSR count). The number of esters is 2. The molecule has 0 saturated carbocycles. The number of likely N-dealkylation sites (N-methyl/N-ethyl adjacent to an activating group) is 2. The summed E-state index contributed by atoms with van der Waals surface area (Å²) < 4.78 is 12.1. The van der Waals surface area contributed by atoms with Gasteiger partial charge in [0.15, 0.2) is 6.10 Å². The second-order valence-corrected chi connectivity index (χ2v) is 12.5. The molecule has 0 aliphatic rings. The molecule has 1 N–H and O–H groups in total. The largest absolute Gasteiger partial charge is 1.00 e. The summed E-state index contributed by atoms with van der Waals surface area (Å²) in [5, 5.41) is 10.7. The van der Waals surface area contributed by atoms with Crippen molar-refractivity contribution >= 4 is 11.9 Å². The molecule has 40 heavy (non-hydrogen) atoms. The minimum absolute atomic E-state index is 0. The van der Waals surface area contributed by atoms with E-state index < -0.39 is 6.10 Å². The maximum absolute atomic E-state index is 12.1. The minimum atomic E-state index is -0.494. The highest BCUT2D eigenvalue weighted by molar-refractivity contribution is 5.69. The van der Waals surface area contributed by atoms with Crippen molar-refractivity contribution in [3.05, 3.63) is 0 Å². The maximum Gasteiger partial charge on any atom is 0.305 e. The molecule has 0 amide bonds. The summed E-state index contributed by atoms with van der Waals surface area (Å²) >= 11 is 0. The third kappa shape index (κ3) is 28.9. The molecule has 9 heteroatoms. The fourth-order valence-corrected chi connectivity index (χ4v) is 4.79. The van der Waals surface area contributed by atoms with Crippen LogP contribution in [0.3, 0.4) is 0 Å². The zero-order chi connectivity index (χ0) is 28.7. The van der Waals surface area contributed by atoms with Gasteiger partial charge in [-0.2, -0.15) is 0 Å². The Balaban J connectivity index is -0.00000684. The van der Waals surface area contributed by atoms with E-state index in [4.69, 9.17) is 9.47 Å².